The van der Waals surface area contributed by atoms with Crippen molar-refractivity contribution in [3.63, 3.8) is 0 Å². The zero-order valence-corrected chi connectivity index (χ0v) is 15.6. The molecular formula is C19H19N3O4S. The van der Waals surface area contributed by atoms with Crippen molar-refractivity contribution in [2.45, 2.75) is 6.92 Å². The average molecular weight is 385 g/mol. The Balaban J connectivity index is 2.11. The normalized spacial score (nSPS) is 11.2. The molecule has 0 unspecified atom stereocenters. The van der Waals surface area contributed by atoms with Gasteiger partial charge in [0.25, 0.3) is 10.2 Å². The molecule has 0 saturated heterocycles. The van der Waals surface area contributed by atoms with Crippen LogP contribution >= 0.6 is 0 Å². The third kappa shape index (κ3) is 4.55. The van der Waals surface area contributed by atoms with Crippen LogP contribution in [0.3, 0.4) is 0 Å². The predicted octanol–water partition coefficient (Wildman–Crippen LogP) is 3.02. The molecule has 2 aromatic carbocycles. The first-order chi connectivity index (χ1) is 12.9. The number of hydrogen-bond acceptors (Lipinski definition) is 4. The van der Waals surface area contributed by atoms with E-state index < -0.39 is 10.2 Å². The van der Waals surface area contributed by atoms with Gasteiger partial charge in [-0.1, -0.05) is 18.2 Å². The number of H-pyrrole nitrogens is 1. The van der Waals surface area contributed by atoms with Crippen LogP contribution in [0, 0.1) is 6.92 Å². The molecule has 27 heavy (non-hydrogen) atoms. The maximum atomic E-state index is 11.8. The number of rotatable bonds is 6. The summed E-state index contributed by atoms with van der Waals surface area (Å²) in [6.45, 7) is 1.77. The third-order valence-electron chi connectivity index (χ3n) is 3.88. The van der Waals surface area contributed by atoms with E-state index in [0.717, 1.165) is 5.56 Å². The van der Waals surface area contributed by atoms with Gasteiger partial charge in [0.2, 0.25) is 5.56 Å². The van der Waals surface area contributed by atoms with E-state index in [9.17, 15) is 13.2 Å². The molecule has 3 aromatic rings. The molecule has 3 rings (SSSR count). The molecule has 140 valence electrons. The van der Waals surface area contributed by atoms with Crippen LogP contribution in [0.5, 0.6) is 11.5 Å². The van der Waals surface area contributed by atoms with Gasteiger partial charge in [-0.3, -0.25) is 9.52 Å². The van der Waals surface area contributed by atoms with E-state index in [1.165, 1.54) is 13.1 Å². The summed E-state index contributed by atoms with van der Waals surface area (Å²) in [4.78, 5) is 14.3. The van der Waals surface area contributed by atoms with Crippen molar-refractivity contribution in [2.75, 3.05) is 11.8 Å². The molecule has 0 aliphatic carbocycles. The second kappa shape index (κ2) is 7.65. The van der Waals surface area contributed by atoms with E-state index >= 15 is 0 Å². The fourth-order valence-corrected chi connectivity index (χ4v) is 3.12. The van der Waals surface area contributed by atoms with E-state index in [-0.39, 0.29) is 5.56 Å². The summed E-state index contributed by atoms with van der Waals surface area (Å²) in [5.41, 5.74) is 2.17. The summed E-state index contributed by atoms with van der Waals surface area (Å²) in [5, 5.41) is 0. The maximum absolute atomic E-state index is 11.8. The third-order valence-corrected chi connectivity index (χ3v) is 4.92. The molecule has 1 aromatic heterocycles. The Bertz CT molecular complexity index is 1110. The smallest absolute Gasteiger partial charge is 0.298 e. The molecule has 1 heterocycles. The highest BCUT2D eigenvalue weighted by Gasteiger charge is 2.14. The number of aryl methyl sites for hydroxylation is 1. The van der Waals surface area contributed by atoms with Gasteiger partial charge in [0.05, 0.1) is 5.69 Å². The van der Waals surface area contributed by atoms with E-state index in [2.05, 4.69) is 14.4 Å². The van der Waals surface area contributed by atoms with E-state index in [4.69, 9.17) is 4.74 Å². The molecule has 0 atom stereocenters. The number of pyridine rings is 1. The molecule has 8 heteroatoms. The van der Waals surface area contributed by atoms with Gasteiger partial charge in [-0.05, 0) is 43.3 Å². The second-order valence-electron chi connectivity index (χ2n) is 5.80. The Morgan fingerprint density at radius 2 is 1.70 bits per heavy atom. The number of benzene rings is 2. The fraction of sp³-hybridized carbons (Fsp3) is 0.105. The van der Waals surface area contributed by atoms with Crippen LogP contribution in [-0.2, 0) is 10.2 Å². The Labute approximate surface area is 157 Å². The summed E-state index contributed by atoms with van der Waals surface area (Å²) in [7, 11) is -2.34. The zero-order valence-electron chi connectivity index (χ0n) is 14.8. The summed E-state index contributed by atoms with van der Waals surface area (Å²) in [6, 6.07) is 17.3. The molecule has 7 nitrogen and oxygen atoms in total. The maximum Gasteiger partial charge on any atom is 0.298 e. The van der Waals surface area contributed by atoms with Crippen molar-refractivity contribution in [1.82, 2.24) is 9.71 Å². The molecule has 3 N–H and O–H groups in total. The van der Waals surface area contributed by atoms with E-state index in [1.54, 1.807) is 31.2 Å². The zero-order chi connectivity index (χ0) is 19.4. The Morgan fingerprint density at radius 1 is 0.963 bits per heavy atom. The Hall–Kier alpha value is -3.10. The summed E-state index contributed by atoms with van der Waals surface area (Å²) >= 11 is 0. The van der Waals surface area contributed by atoms with Crippen LogP contribution < -0.4 is 19.7 Å². The minimum Gasteiger partial charge on any atom is -0.457 e. The van der Waals surface area contributed by atoms with Gasteiger partial charge in [0.15, 0.2) is 0 Å². The van der Waals surface area contributed by atoms with Gasteiger partial charge in [-0.25, -0.2) is 4.72 Å². The number of nitrogens with one attached hydrogen (secondary N) is 3. The molecule has 0 bridgehead atoms. The number of hydrogen-bond donors (Lipinski definition) is 3. The van der Waals surface area contributed by atoms with E-state index in [1.807, 2.05) is 30.3 Å². The van der Waals surface area contributed by atoms with Crippen molar-refractivity contribution in [2.24, 2.45) is 0 Å². The molecule has 0 spiro atoms. The van der Waals surface area contributed by atoms with Crippen molar-refractivity contribution in [3.05, 3.63) is 76.7 Å². The van der Waals surface area contributed by atoms with Gasteiger partial charge in [-0.2, -0.15) is 8.42 Å². The number of aromatic amines is 1. The molecular weight excluding hydrogens is 366 g/mol. The number of para-hydroxylation sites is 1. The minimum absolute atomic E-state index is 0.214. The first-order valence-electron chi connectivity index (χ1n) is 8.16. The van der Waals surface area contributed by atoms with E-state index in [0.29, 0.717) is 28.4 Å². The van der Waals surface area contributed by atoms with Gasteiger partial charge in [-0.15, -0.1) is 0 Å². The van der Waals surface area contributed by atoms with Gasteiger partial charge in [0, 0.05) is 29.9 Å². The number of ether oxygens (including phenoxy) is 1. The van der Waals surface area contributed by atoms with Crippen LogP contribution in [0.2, 0.25) is 0 Å². The SMILES string of the molecule is CNS(=O)(=O)Nc1ccc(Oc2ccccc2)c(-c2ccc(=O)[nH]c2C)c1. The lowest BCUT2D eigenvalue weighted by atomic mass is 10.0. The molecule has 0 fully saturated rings. The standard InChI is InChI=1S/C19H19N3O4S/c1-13-16(9-11-19(23)21-13)17-12-14(22-27(24,25)20-2)8-10-18(17)26-15-6-4-3-5-7-15/h3-12,20,22H,1-2H3,(H,21,23). The monoisotopic (exact) mass is 385 g/mol. The van der Waals surface area contributed by atoms with Crippen LogP contribution in [0.4, 0.5) is 5.69 Å². The largest absolute Gasteiger partial charge is 0.457 e. The van der Waals surface area contributed by atoms with Crippen molar-refractivity contribution < 1.29 is 13.2 Å². The lowest BCUT2D eigenvalue weighted by Gasteiger charge is -2.15. The topological polar surface area (TPSA) is 100 Å². The molecule has 0 amide bonds. The number of aromatic nitrogens is 1. The minimum atomic E-state index is -3.66. The average Bonchev–Trinajstić information content (AvgIpc) is 2.64. The molecule has 0 saturated carbocycles. The van der Waals surface area contributed by atoms with Crippen LogP contribution in [-0.4, -0.2) is 20.4 Å². The lowest BCUT2D eigenvalue weighted by Crippen LogP contribution is -2.26. The Morgan fingerprint density at radius 3 is 2.37 bits per heavy atom. The van der Waals surface area contributed by atoms with Crippen LogP contribution in [0.25, 0.3) is 11.1 Å². The summed E-state index contributed by atoms with van der Waals surface area (Å²) < 4.78 is 34.2. The second-order valence-corrected chi connectivity index (χ2v) is 7.42. The molecule has 0 aliphatic rings. The highest BCUT2D eigenvalue weighted by molar-refractivity contribution is 7.90. The van der Waals surface area contributed by atoms with Crippen LogP contribution in [0.1, 0.15) is 5.69 Å². The van der Waals surface area contributed by atoms with Gasteiger partial charge in [0.1, 0.15) is 11.5 Å². The van der Waals surface area contributed by atoms with Crippen molar-refractivity contribution >= 4 is 15.9 Å². The Kier molecular flexibility index (Phi) is 5.29. The van der Waals surface area contributed by atoms with Gasteiger partial charge < -0.3 is 9.72 Å². The quantitative estimate of drug-likeness (QED) is 0.607. The molecule has 0 aliphatic heterocycles. The number of anilines is 1. The van der Waals surface area contributed by atoms with Crippen LogP contribution in [0.15, 0.2) is 65.5 Å². The first kappa shape index (κ1) is 18.7. The molecule has 0 radical (unpaired) electrons. The highest BCUT2D eigenvalue weighted by atomic mass is 32.2. The van der Waals surface area contributed by atoms with Crippen molar-refractivity contribution in [1.29, 1.82) is 0 Å². The van der Waals surface area contributed by atoms with Crippen molar-refractivity contribution in [3.8, 4) is 22.6 Å². The van der Waals surface area contributed by atoms with Gasteiger partial charge >= 0.3 is 0 Å². The first-order valence-corrected chi connectivity index (χ1v) is 9.65. The summed E-state index contributed by atoms with van der Waals surface area (Å²) in [6.07, 6.45) is 0. The highest BCUT2D eigenvalue weighted by Crippen LogP contribution is 2.36. The fourth-order valence-electron chi connectivity index (χ4n) is 2.58. The predicted molar refractivity (Wildman–Crippen MR) is 105 cm³/mol. The summed E-state index contributed by atoms with van der Waals surface area (Å²) in [5.74, 6) is 1.17. The lowest BCUT2D eigenvalue weighted by molar-refractivity contribution is 0.484.